The number of rotatable bonds is 2. The average molecular weight is 388 g/mol. The van der Waals surface area contributed by atoms with Gasteiger partial charge in [-0.2, -0.15) is 0 Å². The van der Waals surface area contributed by atoms with Crippen LogP contribution >= 0.6 is 0 Å². The van der Waals surface area contributed by atoms with E-state index in [2.05, 4.69) is 25.1 Å². The second kappa shape index (κ2) is 5.84. The quantitative estimate of drug-likeness (QED) is 0.189. The van der Waals surface area contributed by atoms with Gasteiger partial charge in [0.2, 0.25) is 0 Å². The molecule has 5 rings (SSSR count). The average Bonchev–Trinajstić information content (AvgIpc) is 3.33. The van der Waals surface area contributed by atoms with Gasteiger partial charge in [-0.3, -0.25) is 4.79 Å². The van der Waals surface area contributed by atoms with E-state index in [1.807, 2.05) is 6.92 Å². The van der Waals surface area contributed by atoms with E-state index in [-0.39, 0.29) is 34.6 Å². The molecule has 8 atom stereocenters. The maximum Gasteiger partial charge on any atom is 0.302 e. The van der Waals surface area contributed by atoms with E-state index in [0.717, 1.165) is 44.2 Å². The summed E-state index contributed by atoms with van der Waals surface area (Å²) >= 11 is 0. The number of allylic oxidation sites excluding steroid dienone is 1. The number of carbonyl (C=O) groups excluding carboxylic acids is 1. The highest BCUT2D eigenvalue weighted by Crippen LogP contribution is 2.73. The van der Waals surface area contributed by atoms with Crippen LogP contribution < -0.4 is 0 Å². The third-order valence-corrected chi connectivity index (χ3v) is 9.51. The third kappa shape index (κ3) is 2.17. The normalized spacial score (nSPS) is 51.9. The van der Waals surface area contributed by atoms with Crippen molar-refractivity contribution in [1.82, 2.24) is 0 Å². The topological polar surface area (TPSA) is 71.4 Å². The minimum Gasteiger partial charge on any atom is -0.462 e. The Balaban J connectivity index is 1.43. The SMILES string of the molecule is CC(=O)O[C@H]1CC[C@@]2(C)C(=CC[C@@H]3[C@@H]2CC[C@@]2(C)[C@H]3C[C@H]3O[C@]32/C(C)=N\O)C1. The summed E-state index contributed by atoms with van der Waals surface area (Å²) in [5, 5.41) is 13.0. The number of hydrogen-bond acceptors (Lipinski definition) is 5. The monoisotopic (exact) mass is 387 g/mol. The molecule has 5 heteroatoms. The van der Waals surface area contributed by atoms with Gasteiger partial charge in [0, 0.05) is 18.8 Å². The lowest BCUT2D eigenvalue weighted by molar-refractivity contribution is -0.148. The smallest absolute Gasteiger partial charge is 0.302 e. The van der Waals surface area contributed by atoms with Crippen LogP contribution in [0.3, 0.4) is 0 Å². The minimum atomic E-state index is -0.324. The summed E-state index contributed by atoms with van der Waals surface area (Å²) in [6, 6.07) is 0. The Labute approximate surface area is 167 Å². The molecule has 0 aromatic heterocycles. The number of epoxide rings is 1. The van der Waals surface area contributed by atoms with Gasteiger partial charge in [0.15, 0.2) is 0 Å². The molecule has 0 bridgehead atoms. The van der Waals surface area contributed by atoms with E-state index in [1.54, 1.807) is 0 Å². The molecule has 5 aliphatic rings. The van der Waals surface area contributed by atoms with Gasteiger partial charge < -0.3 is 14.7 Å². The number of nitrogens with zero attached hydrogens (tertiary/aromatic N) is 1. The van der Waals surface area contributed by atoms with Crippen molar-refractivity contribution >= 4 is 11.7 Å². The molecule has 1 aliphatic heterocycles. The van der Waals surface area contributed by atoms with Gasteiger partial charge >= 0.3 is 5.97 Å². The molecule has 154 valence electrons. The summed E-state index contributed by atoms with van der Waals surface area (Å²) < 4.78 is 11.7. The number of esters is 1. The van der Waals surface area contributed by atoms with Crippen LogP contribution in [0.4, 0.5) is 0 Å². The standard InChI is InChI=1S/C23H33NO4/c1-13(24-26)23-20(28-23)12-19-17-6-5-15-11-16(27-14(2)25)7-9-21(15,3)18(17)8-10-22(19,23)4/h5,16-20,26H,6-12H2,1-4H3/b24-13-/t16-,17+,18-,19-,20+,21-,22-,23+/m0/s1. The van der Waals surface area contributed by atoms with Gasteiger partial charge in [-0.25, -0.2) is 0 Å². The summed E-state index contributed by atoms with van der Waals surface area (Å²) in [6.07, 6.45) is 10.3. The lowest BCUT2D eigenvalue weighted by atomic mass is 9.47. The van der Waals surface area contributed by atoms with Gasteiger partial charge in [-0.05, 0) is 68.6 Å². The zero-order valence-electron chi connectivity index (χ0n) is 17.5. The van der Waals surface area contributed by atoms with Crippen LogP contribution in [0.25, 0.3) is 0 Å². The Bertz CT molecular complexity index is 775. The van der Waals surface area contributed by atoms with Crippen LogP contribution in [0, 0.1) is 28.6 Å². The molecule has 0 aromatic carbocycles. The molecular formula is C23H33NO4. The second-order valence-electron chi connectivity index (χ2n) is 10.5. The third-order valence-electron chi connectivity index (χ3n) is 9.51. The Morgan fingerprint density at radius 3 is 2.75 bits per heavy atom. The molecule has 0 unspecified atom stereocenters. The minimum absolute atomic E-state index is 0.0569. The Morgan fingerprint density at radius 2 is 2.04 bits per heavy atom. The lowest BCUT2D eigenvalue weighted by Crippen LogP contribution is -2.54. The molecule has 0 amide bonds. The van der Waals surface area contributed by atoms with Crippen molar-refractivity contribution in [1.29, 1.82) is 0 Å². The van der Waals surface area contributed by atoms with Gasteiger partial charge in [-0.1, -0.05) is 30.7 Å². The van der Waals surface area contributed by atoms with Crippen LogP contribution in [-0.4, -0.2) is 34.7 Å². The molecule has 28 heavy (non-hydrogen) atoms. The highest BCUT2D eigenvalue weighted by Gasteiger charge is 2.78. The highest BCUT2D eigenvalue weighted by atomic mass is 16.6. The summed E-state index contributed by atoms with van der Waals surface area (Å²) in [6.45, 7) is 8.29. The van der Waals surface area contributed by atoms with Crippen LogP contribution in [0.1, 0.15) is 72.6 Å². The van der Waals surface area contributed by atoms with E-state index in [0.29, 0.717) is 17.8 Å². The van der Waals surface area contributed by atoms with Gasteiger partial charge in [0.1, 0.15) is 11.7 Å². The van der Waals surface area contributed by atoms with Crippen molar-refractivity contribution in [3.05, 3.63) is 11.6 Å². The second-order valence-corrected chi connectivity index (χ2v) is 10.5. The molecule has 3 saturated carbocycles. The van der Waals surface area contributed by atoms with E-state index >= 15 is 0 Å². The zero-order chi connectivity index (χ0) is 19.9. The number of carbonyl (C=O) groups is 1. The van der Waals surface area contributed by atoms with Crippen molar-refractivity contribution in [2.75, 3.05) is 0 Å². The Hall–Kier alpha value is -1.36. The molecule has 1 N–H and O–H groups in total. The first kappa shape index (κ1) is 18.7. The Morgan fingerprint density at radius 1 is 1.25 bits per heavy atom. The number of hydrogen-bond donors (Lipinski definition) is 1. The molecule has 5 nitrogen and oxygen atoms in total. The van der Waals surface area contributed by atoms with Crippen molar-refractivity contribution in [3.8, 4) is 0 Å². The van der Waals surface area contributed by atoms with Crippen LogP contribution in [0.5, 0.6) is 0 Å². The predicted molar refractivity (Wildman–Crippen MR) is 105 cm³/mol. The predicted octanol–water partition coefficient (Wildman–Crippen LogP) is 4.48. The van der Waals surface area contributed by atoms with Crippen molar-refractivity contribution in [2.45, 2.75) is 90.4 Å². The van der Waals surface area contributed by atoms with Crippen LogP contribution in [0.2, 0.25) is 0 Å². The largest absolute Gasteiger partial charge is 0.462 e. The number of fused-ring (bicyclic) bond motifs is 7. The van der Waals surface area contributed by atoms with Crippen molar-refractivity contribution < 1.29 is 19.5 Å². The molecule has 0 spiro atoms. The summed E-state index contributed by atoms with van der Waals surface area (Å²) in [5.74, 6) is 1.84. The number of ether oxygens (including phenoxy) is 2. The number of oxime groups is 1. The van der Waals surface area contributed by atoms with E-state index in [1.165, 1.54) is 18.9 Å². The van der Waals surface area contributed by atoms with Crippen molar-refractivity contribution in [2.24, 2.45) is 33.7 Å². The summed E-state index contributed by atoms with van der Waals surface area (Å²) in [7, 11) is 0. The van der Waals surface area contributed by atoms with Gasteiger partial charge in [-0.15, -0.1) is 0 Å². The highest BCUT2D eigenvalue weighted by molar-refractivity contribution is 5.94. The molecule has 4 aliphatic carbocycles. The van der Waals surface area contributed by atoms with E-state index in [9.17, 15) is 10.0 Å². The maximum atomic E-state index is 11.4. The molecule has 0 radical (unpaired) electrons. The first-order valence-electron chi connectivity index (χ1n) is 11.0. The maximum absolute atomic E-state index is 11.4. The van der Waals surface area contributed by atoms with Gasteiger partial charge in [0.05, 0.1) is 11.8 Å². The summed E-state index contributed by atoms with van der Waals surface area (Å²) in [4.78, 5) is 11.4. The fraction of sp³-hybridized carbons (Fsp3) is 0.826. The molecular weight excluding hydrogens is 354 g/mol. The lowest BCUT2D eigenvalue weighted by Gasteiger charge is -2.58. The fourth-order valence-corrected chi connectivity index (χ4v) is 8.12. The molecule has 4 fully saturated rings. The van der Waals surface area contributed by atoms with Crippen LogP contribution in [0.15, 0.2) is 16.8 Å². The fourth-order valence-electron chi connectivity index (χ4n) is 8.12. The van der Waals surface area contributed by atoms with E-state index in [4.69, 9.17) is 9.47 Å². The summed E-state index contributed by atoms with van der Waals surface area (Å²) in [5.41, 5.74) is 2.28. The Kier molecular flexibility index (Phi) is 3.89. The molecule has 1 saturated heterocycles. The van der Waals surface area contributed by atoms with E-state index < -0.39 is 0 Å². The van der Waals surface area contributed by atoms with Gasteiger partial charge in [0.25, 0.3) is 0 Å². The van der Waals surface area contributed by atoms with Crippen LogP contribution in [-0.2, 0) is 14.3 Å². The first-order valence-corrected chi connectivity index (χ1v) is 11.0. The zero-order valence-corrected chi connectivity index (χ0v) is 17.5. The first-order chi connectivity index (χ1) is 13.3. The molecule has 1 heterocycles. The molecule has 0 aromatic rings. The van der Waals surface area contributed by atoms with Crippen molar-refractivity contribution in [3.63, 3.8) is 0 Å².